The first-order valence-corrected chi connectivity index (χ1v) is 12.1. The predicted octanol–water partition coefficient (Wildman–Crippen LogP) is 5.33. The van der Waals surface area contributed by atoms with Crippen LogP contribution >= 0.6 is 0 Å². The first kappa shape index (κ1) is 22.7. The molecule has 0 unspecified atom stereocenters. The van der Waals surface area contributed by atoms with Gasteiger partial charge in [-0.25, -0.2) is 18.4 Å². The number of aromatic nitrogens is 2. The fourth-order valence-electron chi connectivity index (χ4n) is 3.29. The van der Waals surface area contributed by atoms with Crippen molar-refractivity contribution in [3.8, 4) is 11.9 Å². The molecule has 162 valence electrons. The summed E-state index contributed by atoms with van der Waals surface area (Å²) in [5.74, 6) is 0.108. The van der Waals surface area contributed by atoms with Crippen LogP contribution in [0.2, 0.25) is 0 Å². The average molecular weight is 438 g/mol. The molecular weight excluding hydrogens is 410 g/mol. The minimum atomic E-state index is -4.00. The van der Waals surface area contributed by atoms with E-state index in [0.29, 0.717) is 17.6 Å². The number of benzene rings is 2. The van der Waals surface area contributed by atoms with Gasteiger partial charge in [-0.2, -0.15) is 5.26 Å². The van der Waals surface area contributed by atoms with E-state index >= 15 is 0 Å². The van der Waals surface area contributed by atoms with E-state index in [1.807, 2.05) is 19.1 Å². The van der Waals surface area contributed by atoms with Gasteiger partial charge in [0.25, 0.3) is 0 Å². The molecule has 0 aliphatic carbocycles. The minimum absolute atomic E-state index is 0.0373. The van der Waals surface area contributed by atoms with E-state index in [4.69, 9.17) is 4.74 Å². The average Bonchev–Trinajstić information content (AvgIpc) is 2.77. The predicted molar refractivity (Wildman–Crippen MR) is 121 cm³/mol. The summed E-state index contributed by atoms with van der Waals surface area (Å²) in [6, 6.07) is 15.5. The van der Waals surface area contributed by atoms with Gasteiger partial charge in [0, 0.05) is 0 Å². The van der Waals surface area contributed by atoms with Gasteiger partial charge in [-0.1, -0.05) is 62.4 Å². The summed E-state index contributed by atoms with van der Waals surface area (Å²) in [5.41, 5.74) is 2.09. The number of ether oxygens (including phenoxy) is 1. The number of aryl methyl sites for hydroxylation is 1. The monoisotopic (exact) mass is 437 g/mol. The Labute approximate surface area is 183 Å². The molecule has 0 saturated heterocycles. The second-order valence-electron chi connectivity index (χ2n) is 7.53. The summed E-state index contributed by atoms with van der Waals surface area (Å²) in [7, 11) is -4.00. The molecule has 0 N–H and O–H groups in total. The van der Waals surface area contributed by atoms with Gasteiger partial charge in [-0.05, 0) is 37.6 Å². The zero-order valence-corrected chi connectivity index (χ0v) is 18.7. The van der Waals surface area contributed by atoms with E-state index in [1.54, 1.807) is 30.3 Å². The SMILES string of the molecule is CCCCCCCOc1nc2ccccc2nc1[C@@H](C#N)S(=O)(=O)c1ccc(C)cc1. The molecule has 1 heterocycles. The van der Waals surface area contributed by atoms with Gasteiger partial charge >= 0.3 is 0 Å². The van der Waals surface area contributed by atoms with Crippen molar-refractivity contribution in [1.29, 1.82) is 5.26 Å². The van der Waals surface area contributed by atoms with E-state index in [0.717, 1.165) is 31.2 Å². The van der Waals surface area contributed by atoms with Gasteiger partial charge in [-0.15, -0.1) is 0 Å². The normalized spacial score (nSPS) is 12.4. The first-order valence-electron chi connectivity index (χ1n) is 10.6. The number of nitrogens with zero attached hydrogens (tertiary/aromatic N) is 3. The summed E-state index contributed by atoms with van der Waals surface area (Å²) in [6.45, 7) is 4.43. The molecule has 0 aliphatic heterocycles. The molecule has 6 nitrogen and oxygen atoms in total. The van der Waals surface area contributed by atoms with Crippen molar-refractivity contribution in [1.82, 2.24) is 9.97 Å². The number of unbranched alkanes of at least 4 members (excludes halogenated alkanes) is 4. The molecule has 0 bridgehead atoms. The summed E-state index contributed by atoms with van der Waals surface area (Å²) >= 11 is 0. The van der Waals surface area contributed by atoms with E-state index in [1.165, 1.54) is 18.6 Å². The van der Waals surface area contributed by atoms with Crippen molar-refractivity contribution in [2.24, 2.45) is 0 Å². The lowest BCUT2D eigenvalue weighted by Crippen LogP contribution is -2.16. The topological polar surface area (TPSA) is 92.9 Å². The summed E-state index contributed by atoms with van der Waals surface area (Å²) in [4.78, 5) is 9.07. The van der Waals surface area contributed by atoms with Crippen LogP contribution < -0.4 is 4.74 Å². The number of hydrogen-bond acceptors (Lipinski definition) is 6. The van der Waals surface area contributed by atoms with Crippen LogP contribution in [-0.2, 0) is 9.84 Å². The molecule has 0 amide bonds. The molecule has 0 spiro atoms. The fraction of sp³-hybridized carbons (Fsp3) is 0.375. The van der Waals surface area contributed by atoms with Crippen LogP contribution in [0, 0.1) is 18.3 Å². The number of rotatable bonds is 10. The van der Waals surface area contributed by atoms with Gasteiger partial charge in [0.15, 0.2) is 5.25 Å². The van der Waals surface area contributed by atoms with Gasteiger partial charge in [-0.3, -0.25) is 0 Å². The Bertz CT molecular complexity index is 1170. The van der Waals surface area contributed by atoms with E-state index in [2.05, 4.69) is 16.9 Å². The van der Waals surface area contributed by atoms with Crippen LogP contribution in [0.3, 0.4) is 0 Å². The molecule has 1 atom stereocenters. The quantitative estimate of drug-likeness (QED) is 0.398. The number of hydrogen-bond donors (Lipinski definition) is 0. The molecule has 3 aromatic rings. The summed E-state index contributed by atoms with van der Waals surface area (Å²) < 4.78 is 32.4. The third kappa shape index (κ3) is 5.39. The zero-order valence-electron chi connectivity index (χ0n) is 17.9. The molecule has 7 heteroatoms. The number of fused-ring (bicyclic) bond motifs is 1. The summed E-state index contributed by atoms with van der Waals surface area (Å²) in [5, 5.41) is 8.33. The highest BCUT2D eigenvalue weighted by atomic mass is 32.2. The Morgan fingerprint density at radius 1 is 0.968 bits per heavy atom. The lowest BCUT2D eigenvalue weighted by atomic mass is 10.2. The molecule has 2 aromatic carbocycles. The maximum Gasteiger partial charge on any atom is 0.238 e. The lowest BCUT2D eigenvalue weighted by Gasteiger charge is -2.15. The maximum absolute atomic E-state index is 13.3. The molecule has 0 fully saturated rings. The van der Waals surface area contributed by atoms with Gasteiger partial charge in [0.2, 0.25) is 15.7 Å². The minimum Gasteiger partial charge on any atom is -0.476 e. The first-order chi connectivity index (χ1) is 15.0. The smallest absolute Gasteiger partial charge is 0.238 e. The Balaban J connectivity index is 1.97. The Hall–Kier alpha value is -2.98. The molecule has 0 radical (unpaired) electrons. The van der Waals surface area contributed by atoms with Gasteiger partial charge < -0.3 is 4.74 Å². The van der Waals surface area contributed by atoms with Gasteiger partial charge in [0.1, 0.15) is 5.69 Å². The Morgan fingerprint density at radius 3 is 2.26 bits per heavy atom. The largest absolute Gasteiger partial charge is 0.476 e. The van der Waals surface area contributed by atoms with E-state index < -0.39 is 15.1 Å². The molecule has 0 saturated carbocycles. The second-order valence-corrected chi connectivity index (χ2v) is 9.57. The zero-order chi connectivity index (χ0) is 22.3. The van der Waals surface area contributed by atoms with Crippen molar-refractivity contribution >= 4 is 20.9 Å². The van der Waals surface area contributed by atoms with Crippen LogP contribution in [0.1, 0.15) is 55.5 Å². The Morgan fingerprint density at radius 2 is 1.61 bits per heavy atom. The maximum atomic E-state index is 13.3. The molecule has 1 aromatic heterocycles. The molecule has 0 aliphatic rings. The molecular formula is C24H27N3O3S. The number of sulfone groups is 1. The fourth-order valence-corrected chi connectivity index (χ4v) is 4.66. The molecule has 3 rings (SSSR count). The third-order valence-electron chi connectivity index (χ3n) is 5.08. The molecule has 31 heavy (non-hydrogen) atoms. The Kier molecular flexibility index (Phi) is 7.59. The standard InChI is InChI=1S/C24H27N3O3S/c1-3-4-5-6-9-16-30-24-23(26-20-10-7-8-11-21(20)27-24)22(17-25)31(28,29)19-14-12-18(2)13-15-19/h7-8,10-15,22H,3-6,9,16H2,1-2H3/t22-/m1/s1. The van der Waals surface area contributed by atoms with Crippen LogP contribution in [0.4, 0.5) is 0 Å². The van der Waals surface area contributed by atoms with Crippen molar-refractivity contribution < 1.29 is 13.2 Å². The van der Waals surface area contributed by atoms with E-state index in [-0.39, 0.29) is 16.5 Å². The van der Waals surface area contributed by atoms with Crippen LogP contribution in [0.25, 0.3) is 11.0 Å². The highest BCUT2D eigenvalue weighted by Gasteiger charge is 2.34. The highest BCUT2D eigenvalue weighted by molar-refractivity contribution is 7.92. The van der Waals surface area contributed by atoms with Crippen LogP contribution in [0.15, 0.2) is 53.4 Å². The highest BCUT2D eigenvalue weighted by Crippen LogP contribution is 2.33. The lowest BCUT2D eigenvalue weighted by molar-refractivity contribution is 0.290. The van der Waals surface area contributed by atoms with Crippen molar-refractivity contribution in [3.63, 3.8) is 0 Å². The van der Waals surface area contributed by atoms with Crippen LogP contribution in [0.5, 0.6) is 5.88 Å². The van der Waals surface area contributed by atoms with Crippen molar-refractivity contribution in [3.05, 3.63) is 59.8 Å². The second kappa shape index (κ2) is 10.4. The number of para-hydroxylation sites is 2. The number of nitriles is 1. The van der Waals surface area contributed by atoms with Crippen molar-refractivity contribution in [2.75, 3.05) is 6.61 Å². The van der Waals surface area contributed by atoms with Crippen LogP contribution in [-0.4, -0.2) is 25.0 Å². The summed E-state index contributed by atoms with van der Waals surface area (Å²) in [6.07, 6.45) is 5.30. The van der Waals surface area contributed by atoms with Gasteiger partial charge in [0.05, 0.1) is 28.6 Å². The third-order valence-corrected chi connectivity index (χ3v) is 6.95. The van der Waals surface area contributed by atoms with E-state index in [9.17, 15) is 13.7 Å². The van der Waals surface area contributed by atoms with Crippen molar-refractivity contribution in [2.45, 2.75) is 56.1 Å².